The number of benzene rings is 1. The molecule has 0 aliphatic rings. The zero-order chi connectivity index (χ0) is 14.0. The van der Waals surface area contributed by atoms with E-state index in [4.69, 9.17) is 0 Å². The van der Waals surface area contributed by atoms with Crippen LogP contribution in [0.15, 0.2) is 24.3 Å². The summed E-state index contributed by atoms with van der Waals surface area (Å²) in [5, 5.41) is 3.75. The van der Waals surface area contributed by atoms with E-state index in [1.165, 1.54) is 0 Å². The maximum Gasteiger partial charge on any atom is 0.433 e. The summed E-state index contributed by atoms with van der Waals surface area (Å²) in [6.07, 6.45) is -3.59. The lowest BCUT2D eigenvalue weighted by Gasteiger charge is -2.13. The Hall–Kier alpha value is -1.05. The number of rotatable bonds is 3. The van der Waals surface area contributed by atoms with Crippen LogP contribution in [0.3, 0.4) is 0 Å². The number of halogens is 4. The fraction of sp³-hybridized carbons (Fsp3) is 0.308. The lowest BCUT2D eigenvalue weighted by atomic mass is 10.1. The first-order valence-corrected chi connectivity index (χ1v) is 6.91. The summed E-state index contributed by atoms with van der Waals surface area (Å²) in [4.78, 5) is 3.69. The van der Waals surface area contributed by atoms with Gasteiger partial charge in [0.05, 0.1) is 5.52 Å². The van der Waals surface area contributed by atoms with Crippen LogP contribution < -0.4 is 5.32 Å². The van der Waals surface area contributed by atoms with Crippen LogP contribution in [-0.4, -0.2) is 11.5 Å². The first-order chi connectivity index (χ1) is 8.91. The van der Waals surface area contributed by atoms with Crippen LogP contribution in [0.2, 0.25) is 0 Å². The van der Waals surface area contributed by atoms with E-state index >= 15 is 0 Å². The van der Waals surface area contributed by atoms with Gasteiger partial charge in [-0.15, -0.1) is 0 Å². The third kappa shape index (κ3) is 3.29. The zero-order valence-corrected chi connectivity index (χ0v) is 12.3. The summed E-state index contributed by atoms with van der Waals surface area (Å²) >= 11 is 2.13. The molecule has 0 saturated carbocycles. The Morgan fingerprint density at radius 3 is 2.63 bits per heavy atom. The molecule has 2 rings (SSSR count). The molecule has 6 heteroatoms. The van der Waals surface area contributed by atoms with E-state index in [0.29, 0.717) is 23.1 Å². The lowest BCUT2D eigenvalue weighted by Crippen LogP contribution is -2.10. The summed E-state index contributed by atoms with van der Waals surface area (Å²) in [5.41, 5.74) is -0.0219. The van der Waals surface area contributed by atoms with Gasteiger partial charge in [-0.3, -0.25) is 0 Å². The highest BCUT2D eigenvalue weighted by Crippen LogP contribution is 2.33. The topological polar surface area (TPSA) is 24.9 Å². The van der Waals surface area contributed by atoms with E-state index in [9.17, 15) is 13.2 Å². The molecule has 0 atom stereocenters. The number of aromatic nitrogens is 1. The van der Waals surface area contributed by atoms with E-state index in [-0.39, 0.29) is 0 Å². The zero-order valence-electron chi connectivity index (χ0n) is 10.2. The number of pyridine rings is 1. The maximum atomic E-state index is 12.8. The average molecular weight is 380 g/mol. The number of nitrogens with zero attached hydrogens (tertiary/aromatic N) is 1. The van der Waals surface area contributed by atoms with Crippen molar-refractivity contribution >= 4 is 39.2 Å². The van der Waals surface area contributed by atoms with E-state index in [0.717, 1.165) is 16.1 Å². The Kier molecular flexibility index (Phi) is 4.17. The Balaban J connectivity index is 2.62. The van der Waals surface area contributed by atoms with Crippen molar-refractivity contribution in [3.8, 4) is 0 Å². The third-order valence-electron chi connectivity index (χ3n) is 2.63. The third-order valence-corrected chi connectivity index (χ3v) is 3.30. The molecule has 0 fully saturated rings. The lowest BCUT2D eigenvalue weighted by molar-refractivity contribution is -0.140. The van der Waals surface area contributed by atoms with Gasteiger partial charge in [-0.25, -0.2) is 4.98 Å². The number of nitrogens with one attached hydrogen (secondary N) is 1. The standard InChI is InChI=1S/C13H12F3IN2/c1-2-5-18-11-7-12(13(14,15)16)19-10-4-3-8(17)6-9(10)11/h3-4,6-7H,2,5H2,1H3,(H,18,19). The van der Waals surface area contributed by atoms with E-state index < -0.39 is 11.9 Å². The van der Waals surface area contributed by atoms with Crippen molar-refractivity contribution in [2.45, 2.75) is 19.5 Å². The molecule has 2 aromatic rings. The SMILES string of the molecule is CCCNc1cc(C(F)(F)F)nc2ccc(I)cc12. The second-order valence-corrected chi connectivity index (χ2v) is 5.39. The predicted octanol–water partition coefficient (Wildman–Crippen LogP) is 4.68. The van der Waals surface area contributed by atoms with Crippen LogP contribution in [0.1, 0.15) is 19.0 Å². The van der Waals surface area contributed by atoms with Gasteiger partial charge in [0.1, 0.15) is 5.69 Å². The predicted molar refractivity (Wildman–Crippen MR) is 78.2 cm³/mol. The van der Waals surface area contributed by atoms with Crippen LogP contribution in [-0.2, 0) is 6.18 Å². The number of hydrogen-bond acceptors (Lipinski definition) is 2. The average Bonchev–Trinajstić information content (AvgIpc) is 2.34. The summed E-state index contributed by atoms with van der Waals surface area (Å²) in [7, 11) is 0. The highest BCUT2D eigenvalue weighted by atomic mass is 127. The Morgan fingerprint density at radius 2 is 2.00 bits per heavy atom. The normalized spacial score (nSPS) is 11.8. The Morgan fingerprint density at radius 1 is 1.26 bits per heavy atom. The van der Waals surface area contributed by atoms with Gasteiger partial charge in [0, 0.05) is 21.2 Å². The van der Waals surface area contributed by atoms with Crippen molar-refractivity contribution in [3.63, 3.8) is 0 Å². The van der Waals surface area contributed by atoms with Crippen molar-refractivity contribution in [1.29, 1.82) is 0 Å². The molecule has 102 valence electrons. The van der Waals surface area contributed by atoms with E-state index in [2.05, 4.69) is 32.9 Å². The van der Waals surface area contributed by atoms with Gasteiger partial charge in [-0.1, -0.05) is 6.92 Å². The highest BCUT2D eigenvalue weighted by Gasteiger charge is 2.33. The Bertz CT molecular complexity index is 596. The van der Waals surface area contributed by atoms with Crippen molar-refractivity contribution < 1.29 is 13.2 Å². The molecule has 0 saturated heterocycles. The van der Waals surface area contributed by atoms with Crippen LogP contribution in [0.4, 0.5) is 18.9 Å². The van der Waals surface area contributed by atoms with Crippen molar-refractivity contribution in [2.24, 2.45) is 0 Å². The first-order valence-electron chi connectivity index (χ1n) is 5.83. The molecule has 0 aliphatic heterocycles. The van der Waals surface area contributed by atoms with Crippen LogP contribution in [0, 0.1) is 3.57 Å². The molecule has 0 unspecified atom stereocenters. The van der Waals surface area contributed by atoms with Crippen LogP contribution >= 0.6 is 22.6 Å². The van der Waals surface area contributed by atoms with Gasteiger partial charge in [0.2, 0.25) is 0 Å². The van der Waals surface area contributed by atoms with Gasteiger partial charge < -0.3 is 5.32 Å². The molecular formula is C13H12F3IN2. The molecule has 0 radical (unpaired) electrons. The fourth-order valence-electron chi connectivity index (χ4n) is 1.75. The first kappa shape index (κ1) is 14.4. The van der Waals surface area contributed by atoms with Gasteiger partial charge >= 0.3 is 6.18 Å². The fourth-order valence-corrected chi connectivity index (χ4v) is 2.24. The molecule has 1 aromatic carbocycles. The monoisotopic (exact) mass is 380 g/mol. The minimum atomic E-state index is -4.43. The number of alkyl halides is 3. The van der Waals surface area contributed by atoms with Gasteiger partial charge in [0.25, 0.3) is 0 Å². The number of hydrogen-bond donors (Lipinski definition) is 1. The number of fused-ring (bicyclic) bond motifs is 1. The minimum absolute atomic E-state index is 0.355. The molecule has 0 aliphatic carbocycles. The van der Waals surface area contributed by atoms with Crippen LogP contribution in [0.25, 0.3) is 10.9 Å². The van der Waals surface area contributed by atoms with Gasteiger partial charge in [-0.05, 0) is 53.3 Å². The summed E-state index contributed by atoms with van der Waals surface area (Å²) in [6, 6.07) is 6.28. The minimum Gasteiger partial charge on any atom is -0.384 e. The van der Waals surface area contributed by atoms with Gasteiger partial charge in [0.15, 0.2) is 0 Å². The smallest absolute Gasteiger partial charge is 0.384 e. The summed E-state index contributed by atoms with van der Waals surface area (Å²) in [6.45, 7) is 2.59. The Labute approximate surface area is 122 Å². The molecule has 1 heterocycles. The van der Waals surface area contributed by atoms with Crippen molar-refractivity contribution in [2.75, 3.05) is 11.9 Å². The van der Waals surface area contributed by atoms with Crippen LogP contribution in [0.5, 0.6) is 0 Å². The molecular weight excluding hydrogens is 368 g/mol. The molecule has 19 heavy (non-hydrogen) atoms. The van der Waals surface area contributed by atoms with E-state index in [1.807, 2.05) is 13.0 Å². The molecule has 2 nitrogen and oxygen atoms in total. The molecule has 0 spiro atoms. The largest absolute Gasteiger partial charge is 0.433 e. The number of anilines is 1. The van der Waals surface area contributed by atoms with E-state index in [1.54, 1.807) is 12.1 Å². The quantitative estimate of drug-likeness (QED) is 0.783. The molecule has 1 aromatic heterocycles. The second-order valence-electron chi connectivity index (χ2n) is 4.14. The molecule has 0 bridgehead atoms. The second kappa shape index (κ2) is 5.52. The van der Waals surface area contributed by atoms with Gasteiger partial charge in [-0.2, -0.15) is 13.2 Å². The molecule has 1 N–H and O–H groups in total. The maximum absolute atomic E-state index is 12.8. The van der Waals surface area contributed by atoms with Crippen molar-refractivity contribution in [3.05, 3.63) is 33.5 Å². The summed E-state index contributed by atoms with van der Waals surface area (Å²) < 4.78 is 39.4. The highest BCUT2D eigenvalue weighted by molar-refractivity contribution is 14.1. The van der Waals surface area contributed by atoms with Crippen molar-refractivity contribution in [1.82, 2.24) is 4.98 Å². The summed E-state index contributed by atoms with van der Waals surface area (Å²) in [5.74, 6) is 0. The molecule has 0 amide bonds.